The van der Waals surface area contributed by atoms with E-state index < -0.39 is 0 Å². The van der Waals surface area contributed by atoms with Crippen LogP contribution in [0, 0.1) is 0 Å². The van der Waals surface area contributed by atoms with E-state index in [4.69, 9.17) is 14.2 Å². The van der Waals surface area contributed by atoms with Crippen molar-refractivity contribution in [2.75, 3.05) is 13.4 Å². The van der Waals surface area contributed by atoms with Crippen LogP contribution in [0.3, 0.4) is 0 Å². The van der Waals surface area contributed by atoms with Crippen molar-refractivity contribution in [2.24, 2.45) is 0 Å². The first-order valence-corrected chi connectivity index (χ1v) is 7.12. The summed E-state index contributed by atoms with van der Waals surface area (Å²) in [6, 6.07) is 6.09. The minimum atomic E-state index is -0.234. The summed E-state index contributed by atoms with van der Waals surface area (Å²) < 4.78 is 15.8. The van der Waals surface area contributed by atoms with E-state index >= 15 is 0 Å². The van der Waals surface area contributed by atoms with Crippen molar-refractivity contribution in [3.05, 3.63) is 47.6 Å². The topological polar surface area (TPSA) is 44.8 Å². The summed E-state index contributed by atoms with van der Waals surface area (Å²) in [5, 5.41) is 0. The molecule has 2 aliphatic rings. The quantitative estimate of drug-likeness (QED) is 0.796. The fourth-order valence-electron chi connectivity index (χ4n) is 2.60. The van der Waals surface area contributed by atoms with Crippen LogP contribution in [0.2, 0.25) is 0 Å². The summed E-state index contributed by atoms with van der Waals surface area (Å²) in [6.45, 7) is 2.16. The number of hydrogen-bond donors (Lipinski definition) is 0. The van der Waals surface area contributed by atoms with Crippen molar-refractivity contribution in [3.8, 4) is 11.5 Å². The van der Waals surface area contributed by atoms with Crippen molar-refractivity contribution < 1.29 is 19.0 Å². The average molecular weight is 286 g/mol. The lowest BCUT2D eigenvalue weighted by Crippen LogP contribution is -2.04. The molecule has 0 spiro atoms. The number of fused-ring (bicyclic) bond motifs is 1. The van der Waals surface area contributed by atoms with Gasteiger partial charge < -0.3 is 14.2 Å². The molecule has 0 N–H and O–H groups in total. The van der Waals surface area contributed by atoms with Gasteiger partial charge in [-0.3, -0.25) is 4.79 Å². The Labute approximate surface area is 124 Å². The number of rotatable bonds is 4. The molecule has 0 aromatic heterocycles. The molecule has 1 aliphatic heterocycles. The van der Waals surface area contributed by atoms with Gasteiger partial charge in [-0.05, 0) is 29.7 Å². The van der Waals surface area contributed by atoms with Crippen molar-refractivity contribution >= 4 is 5.97 Å². The van der Waals surface area contributed by atoms with E-state index in [1.54, 1.807) is 0 Å². The molecular formula is C17H18O4. The molecule has 4 heteroatoms. The van der Waals surface area contributed by atoms with Gasteiger partial charge in [0.25, 0.3) is 0 Å². The third-order valence-corrected chi connectivity index (χ3v) is 3.66. The van der Waals surface area contributed by atoms with Crippen molar-refractivity contribution in [3.63, 3.8) is 0 Å². The normalized spacial score (nSPS) is 19.3. The lowest BCUT2D eigenvalue weighted by Gasteiger charge is -2.17. The minimum Gasteiger partial charge on any atom is -0.466 e. The van der Waals surface area contributed by atoms with Crippen LogP contribution in [0.25, 0.3) is 0 Å². The molecule has 1 aromatic rings. The summed E-state index contributed by atoms with van der Waals surface area (Å²) in [5.74, 6) is 1.72. The standard InChI is InChI=1S/C17H18O4/c1-12(18)19-8-7-13-3-2-4-14(9-13)15-5-6-16-17(10-15)21-11-20-16/h2-3,5-6,9-10,14H,4,7-8,11H2,1H3/t14-/m0/s1. The molecule has 0 fully saturated rings. The highest BCUT2D eigenvalue weighted by Crippen LogP contribution is 2.37. The van der Waals surface area contributed by atoms with E-state index in [9.17, 15) is 4.79 Å². The second kappa shape index (κ2) is 6.04. The Morgan fingerprint density at radius 3 is 3.05 bits per heavy atom. The Morgan fingerprint density at radius 1 is 1.33 bits per heavy atom. The largest absolute Gasteiger partial charge is 0.466 e. The second-order valence-corrected chi connectivity index (χ2v) is 5.19. The number of carbonyl (C=O) groups is 1. The minimum absolute atomic E-state index is 0.234. The zero-order chi connectivity index (χ0) is 14.7. The van der Waals surface area contributed by atoms with E-state index in [-0.39, 0.29) is 5.97 Å². The summed E-state index contributed by atoms with van der Waals surface area (Å²) in [5.41, 5.74) is 2.42. The molecule has 1 heterocycles. The van der Waals surface area contributed by atoms with Crippen molar-refractivity contribution in [2.45, 2.75) is 25.7 Å². The third kappa shape index (κ3) is 3.27. The maximum Gasteiger partial charge on any atom is 0.302 e. The highest BCUT2D eigenvalue weighted by atomic mass is 16.7. The number of hydrogen-bond acceptors (Lipinski definition) is 4. The molecule has 1 aliphatic carbocycles. The van der Waals surface area contributed by atoms with Crippen LogP contribution < -0.4 is 9.47 Å². The van der Waals surface area contributed by atoms with E-state index in [1.165, 1.54) is 18.1 Å². The molecule has 21 heavy (non-hydrogen) atoms. The summed E-state index contributed by atoms with van der Waals surface area (Å²) in [6.07, 6.45) is 8.22. The highest BCUT2D eigenvalue weighted by molar-refractivity contribution is 5.65. The van der Waals surface area contributed by atoms with E-state index in [1.807, 2.05) is 12.1 Å². The zero-order valence-electron chi connectivity index (χ0n) is 12.0. The van der Waals surface area contributed by atoms with Crippen LogP contribution in [0.15, 0.2) is 42.0 Å². The van der Waals surface area contributed by atoms with Gasteiger partial charge in [-0.2, -0.15) is 0 Å². The maximum absolute atomic E-state index is 10.8. The van der Waals surface area contributed by atoms with Crippen LogP contribution in [-0.2, 0) is 9.53 Å². The van der Waals surface area contributed by atoms with Crippen LogP contribution in [0.1, 0.15) is 31.2 Å². The monoisotopic (exact) mass is 286 g/mol. The first-order chi connectivity index (χ1) is 10.2. The highest BCUT2D eigenvalue weighted by Gasteiger charge is 2.18. The van der Waals surface area contributed by atoms with Gasteiger partial charge >= 0.3 is 5.97 Å². The Kier molecular flexibility index (Phi) is 3.95. The molecule has 0 unspecified atom stereocenters. The second-order valence-electron chi connectivity index (χ2n) is 5.19. The molecule has 1 aromatic carbocycles. The van der Waals surface area contributed by atoms with E-state index in [0.717, 1.165) is 24.3 Å². The van der Waals surface area contributed by atoms with Crippen LogP contribution in [-0.4, -0.2) is 19.4 Å². The number of allylic oxidation sites excluding steroid dienone is 3. The molecule has 110 valence electrons. The lowest BCUT2D eigenvalue weighted by molar-refractivity contribution is -0.140. The average Bonchev–Trinajstić information content (AvgIpc) is 2.94. The summed E-state index contributed by atoms with van der Waals surface area (Å²) >= 11 is 0. The molecule has 0 amide bonds. The van der Waals surface area contributed by atoms with Gasteiger partial charge in [0.2, 0.25) is 6.79 Å². The van der Waals surface area contributed by atoms with Gasteiger partial charge in [0.1, 0.15) is 0 Å². The molecule has 3 rings (SSSR count). The molecule has 4 nitrogen and oxygen atoms in total. The Balaban J connectivity index is 1.69. The maximum atomic E-state index is 10.8. The van der Waals surface area contributed by atoms with Gasteiger partial charge in [0.15, 0.2) is 11.5 Å². The first kappa shape index (κ1) is 13.7. The van der Waals surface area contributed by atoms with Crippen LogP contribution in [0.4, 0.5) is 0 Å². The van der Waals surface area contributed by atoms with Crippen LogP contribution in [0.5, 0.6) is 11.5 Å². The fourth-order valence-corrected chi connectivity index (χ4v) is 2.60. The van der Waals surface area contributed by atoms with Gasteiger partial charge in [-0.1, -0.05) is 24.3 Å². The molecule has 0 radical (unpaired) electrons. The predicted octanol–water partition coefficient (Wildman–Crippen LogP) is 3.34. The number of benzene rings is 1. The molecule has 1 atom stereocenters. The van der Waals surface area contributed by atoms with Gasteiger partial charge in [0, 0.05) is 19.3 Å². The third-order valence-electron chi connectivity index (χ3n) is 3.66. The Morgan fingerprint density at radius 2 is 2.19 bits per heavy atom. The zero-order valence-corrected chi connectivity index (χ0v) is 12.0. The van der Waals surface area contributed by atoms with E-state index in [2.05, 4.69) is 24.3 Å². The summed E-state index contributed by atoms with van der Waals surface area (Å²) in [4.78, 5) is 10.8. The predicted molar refractivity (Wildman–Crippen MR) is 78.4 cm³/mol. The van der Waals surface area contributed by atoms with Gasteiger partial charge in [-0.25, -0.2) is 0 Å². The van der Waals surface area contributed by atoms with E-state index in [0.29, 0.717) is 19.3 Å². The Bertz CT molecular complexity index is 601. The van der Waals surface area contributed by atoms with Gasteiger partial charge in [0.05, 0.1) is 6.61 Å². The van der Waals surface area contributed by atoms with Crippen LogP contribution >= 0.6 is 0 Å². The molecule has 0 saturated heterocycles. The number of esters is 1. The lowest BCUT2D eigenvalue weighted by atomic mass is 9.89. The fraction of sp³-hybridized carbons (Fsp3) is 0.353. The molecule has 0 bridgehead atoms. The SMILES string of the molecule is CC(=O)OCCC1=C[C@@H](c2ccc3c(c2)OCO3)CC=C1. The van der Waals surface area contributed by atoms with Gasteiger partial charge in [-0.15, -0.1) is 0 Å². The Hall–Kier alpha value is -2.23. The number of carbonyl (C=O) groups excluding carboxylic acids is 1. The van der Waals surface area contributed by atoms with Crippen molar-refractivity contribution in [1.82, 2.24) is 0 Å². The van der Waals surface area contributed by atoms with Crippen molar-refractivity contribution in [1.29, 1.82) is 0 Å². The summed E-state index contributed by atoms with van der Waals surface area (Å²) in [7, 11) is 0. The first-order valence-electron chi connectivity index (χ1n) is 7.12. The smallest absolute Gasteiger partial charge is 0.302 e. The molecule has 0 saturated carbocycles. The number of ether oxygens (including phenoxy) is 3. The molecular weight excluding hydrogens is 268 g/mol.